The minimum absolute atomic E-state index is 0.457. The second kappa shape index (κ2) is 7.93. The van der Waals surface area contributed by atoms with Gasteiger partial charge >= 0.3 is 0 Å². The number of H-pyrrole nitrogens is 1. The molecule has 0 fully saturated rings. The van der Waals surface area contributed by atoms with Gasteiger partial charge in [0, 0.05) is 10.6 Å². The van der Waals surface area contributed by atoms with E-state index in [1.807, 2.05) is 72.8 Å². The highest BCUT2D eigenvalue weighted by molar-refractivity contribution is 6.30. The van der Waals surface area contributed by atoms with Gasteiger partial charge in [0.1, 0.15) is 12.4 Å². The summed E-state index contributed by atoms with van der Waals surface area (Å²) in [4.78, 5) is 7.60. The minimum Gasteiger partial charge on any atom is -0.488 e. The molecule has 4 aromatic rings. The Kier molecular flexibility index (Phi) is 5.03. The first-order valence-corrected chi connectivity index (χ1v) is 8.86. The fourth-order valence-corrected chi connectivity index (χ4v) is 2.76. The van der Waals surface area contributed by atoms with Gasteiger partial charge in [0.25, 0.3) is 0 Å². The normalized spacial score (nSPS) is 11.1. The van der Waals surface area contributed by atoms with E-state index in [0.717, 1.165) is 27.9 Å². The van der Waals surface area contributed by atoms with Crippen molar-refractivity contribution in [2.24, 2.45) is 5.10 Å². The maximum atomic E-state index is 5.93. The van der Waals surface area contributed by atoms with E-state index in [-0.39, 0.29) is 0 Å². The number of nitrogens with zero attached hydrogens (tertiary/aromatic N) is 2. The Bertz CT molecular complexity index is 1040. The summed E-state index contributed by atoms with van der Waals surface area (Å²) in [6, 6.07) is 23.2. The van der Waals surface area contributed by atoms with Crippen LogP contribution in [0, 0.1) is 0 Å². The van der Waals surface area contributed by atoms with Crippen LogP contribution in [0.5, 0.6) is 5.75 Å². The van der Waals surface area contributed by atoms with E-state index in [2.05, 4.69) is 20.5 Å². The first-order valence-electron chi connectivity index (χ1n) is 8.48. The number of rotatable bonds is 6. The molecule has 0 amide bonds. The third-order valence-electron chi connectivity index (χ3n) is 3.99. The van der Waals surface area contributed by atoms with Crippen LogP contribution >= 0.6 is 11.6 Å². The third-order valence-corrected chi connectivity index (χ3v) is 4.24. The third kappa shape index (κ3) is 4.27. The molecule has 0 atom stereocenters. The van der Waals surface area contributed by atoms with Gasteiger partial charge in [0.2, 0.25) is 5.95 Å². The molecule has 27 heavy (non-hydrogen) atoms. The molecule has 0 aliphatic heterocycles. The van der Waals surface area contributed by atoms with E-state index in [1.54, 1.807) is 6.21 Å². The van der Waals surface area contributed by atoms with Crippen LogP contribution < -0.4 is 10.2 Å². The monoisotopic (exact) mass is 376 g/mol. The van der Waals surface area contributed by atoms with E-state index in [1.165, 1.54) is 0 Å². The van der Waals surface area contributed by atoms with Crippen molar-refractivity contribution in [3.63, 3.8) is 0 Å². The number of hydrogen-bond donors (Lipinski definition) is 2. The van der Waals surface area contributed by atoms with Gasteiger partial charge in [-0.1, -0.05) is 48.0 Å². The standard InChI is InChI=1S/C21H17ClN4O/c22-17-11-9-15(10-12-17)14-27-20-8-4-1-5-16(20)13-23-26-21-24-18-6-2-3-7-19(18)25-21/h1-13H,14H2,(H2,24,25,26). The lowest BCUT2D eigenvalue weighted by atomic mass is 10.2. The van der Waals surface area contributed by atoms with Gasteiger partial charge in [-0.2, -0.15) is 5.10 Å². The number of hydrazone groups is 1. The summed E-state index contributed by atoms with van der Waals surface area (Å²) < 4.78 is 5.93. The molecule has 3 aromatic carbocycles. The quantitative estimate of drug-likeness (QED) is 0.357. The van der Waals surface area contributed by atoms with E-state index >= 15 is 0 Å². The largest absolute Gasteiger partial charge is 0.488 e. The number of benzene rings is 3. The fraction of sp³-hybridized carbons (Fsp3) is 0.0476. The number of imidazole rings is 1. The number of aromatic nitrogens is 2. The summed E-state index contributed by atoms with van der Waals surface area (Å²) in [6.45, 7) is 0.457. The number of aromatic amines is 1. The molecule has 5 nitrogen and oxygen atoms in total. The molecule has 0 spiro atoms. The van der Waals surface area contributed by atoms with Crippen molar-refractivity contribution in [1.29, 1.82) is 0 Å². The highest BCUT2D eigenvalue weighted by Gasteiger charge is 2.03. The molecule has 1 heterocycles. The van der Waals surface area contributed by atoms with Crippen molar-refractivity contribution in [3.8, 4) is 5.75 Å². The number of fused-ring (bicyclic) bond motifs is 1. The molecule has 0 radical (unpaired) electrons. The Morgan fingerprint density at radius 3 is 2.63 bits per heavy atom. The van der Waals surface area contributed by atoms with Crippen LogP contribution in [0.4, 0.5) is 5.95 Å². The summed E-state index contributed by atoms with van der Waals surface area (Å²) in [5.74, 6) is 1.34. The Hall–Kier alpha value is -3.31. The Labute approximate surface area is 161 Å². The Morgan fingerprint density at radius 1 is 1.00 bits per heavy atom. The molecular formula is C21H17ClN4O. The minimum atomic E-state index is 0.457. The predicted molar refractivity (Wildman–Crippen MR) is 110 cm³/mol. The molecule has 0 aliphatic rings. The van der Waals surface area contributed by atoms with Gasteiger partial charge in [0.05, 0.1) is 17.2 Å². The molecular weight excluding hydrogens is 360 g/mol. The van der Waals surface area contributed by atoms with Gasteiger partial charge in [-0.05, 0) is 42.0 Å². The van der Waals surface area contributed by atoms with Crippen LogP contribution in [0.1, 0.15) is 11.1 Å². The number of nitrogens with one attached hydrogen (secondary N) is 2. The van der Waals surface area contributed by atoms with Gasteiger partial charge in [-0.15, -0.1) is 0 Å². The number of ether oxygens (including phenoxy) is 1. The molecule has 6 heteroatoms. The highest BCUT2D eigenvalue weighted by Crippen LogP contribution is 2.19. The Morgan fingerprint density at radius 2 is 1.78 bits per heavy atom. The van der Waals surface area contributed by atoms with Crippen molar-refractivity contribution in [3.05, 3.63) is 88.9 Å². The van der Waals surface area contributed by atoms with Crippen LogP contribution in [-0.2, 0) is 6.61 Å². The predicted octanol–water partition coefficient (Wildman–Crippen LogP) is 5.24. The van der Waals surface area contributed by atoms with Crippen LogP contribution in [0.3, 0.4) is 0 Å². The van der Waals surface area contributed by atoms with Gasteiger partial charge in [-0.3, -0.25) is 0 Å². The fourth-order valence-electron chi connectivity index (χ4n) is 2.63. The van der Waals surface area contributed by atoms with Crippen LogP contribution in [0.2, 0.25) is 5.02 Å². The van der Waals surface area contributed by atoms with E-state index in [4.69, 9.17) is 16.3 Å². The zero-order chi connectivity index (χ0) is 18.5. The van der Waals surface area contributed by atoms with Crippen molar-refractivity contribution < 1.29 is 4.74 Å². The molecule has 2 N–H and O–H groups in total. The average molecular weight is 377 g/mol. The number of anilines is 1. The van der Waals surface area contributed by atoms with Gasteiger partial charge < -0.3 is 9.72 Å². The maximum Gasteiger partial charge on any atom is 0.222 e. The summed E-state index contributed by atoms with van der Waals surface area (Å²) in [6.07, 6.45) is 1.71. The summed E-state index contributed by atoms with van der Waals surface area (Å²) in [5, 5.41) is 4.98. The molecule has 0 aliphatic carbocycles. The lowest BCUT2D eigenvalue weighted by molar-refractivity contribution is 0.306. The Balaban J connectivity index is 1.43. The number of halogens is 1. The zero-order valence-corrected chi connectivity index (χ0v) is 15.1. The molecule has 4 rings (SSSR count). The van der Waals surface area contributed by atoms with Crippen molar-refractivity contribution >= 4 is 34.8 Å². The lowest BCUT2D eigenvalue weighted by Crippen LogP contribution is -1.99. The first kappa shape index (κ1) is 17.1. The summed E-state index contributed by atoms with van der Waals surface area (Å²) in [7, 11) is 0. The molecule has 0 saturated carbocycles. The lowest BCUT2D eigenvalue weighted by Gasteiger charge is -2.09. The topological polar surface area (TPSA) is 62.3 Å². The van der Waals surface area contributed by atoms with Crippen molar-refractivity contribution in [2.75, 3.05) is 5.43 Å². The summed E-state index contributed by atoms with van der Waals surface area (Å²) >= 11 is 5.91. The molecule has 134 valence electrons. The van der Waals surface area contributed by atoms with Crippen molar-refractivity contribution in [2.45, 2.75) is 6.61 Å². The second-order valence-corrected chi connectivity index (χ2v) is 6.36. The molecule has 0 unspecified atom stereocenters. The molecule has 0 bridgehead atoms. The smallest absolute Gasteiger partial charge is 0.222 e. The van der Waals surface area contributed by atoms with Crippen molar-refractivity contribution in [1.82, 2.24) is 9.97 Å². The zero-order valence-electron chi connectivity index (χ0n) is 14.4. The van der Waals surface area contributed by atoms with E-state index in [0.29, 0.717) is 17.6 Å². The van der Waals surface area contributed by atoms with Crippen LogP contribution in [0.25, 0.3) is 11.0 Å². The second-order valence-electron chi connectivity index (χ2n) is 5.93. The SMILES string of the molecule is Clc1ccc(COc2ccccc2C=NNc2nc3ccccc3[nH]2)cc1. The maximum absolute atomic E-state index is 5.93. The van der Waals surface area contributed by atoms with Gasteiger partial charge in [-0.25, -0.2) is 10.4 Å². The van der Waals surface area contributed by atoms with E-state index in [9.17, 15) is 0 Å². The molecule has 1 aromatic heterocycles. The molecule has 0 saturated heterocycles. The highest BCUT2D eigenvalue weighted by atomic mass is 35.5. The van der Waals surface area contributed by atoms with Crippen LogP contribution in [-0.4, -0.2) is 16.2 Å². The first-order chi connectivity index (χ1) is 13.3. The van der Waals surface area contributed by atoms with Gasteiger partial charge in [0.15, 0.2) is 0 Å². The van der Waals surface area contributed by atoms with E-state index < -0.39 is 0 Å². The van der Waals surface area contributed by atoms with Crippen LogP contribution in [0.15, 0.2) is 77.9 Å². The number of hydrogen-bond acceptors (Lipinski definition) is 4. The number of para-hydroxylation sites is 3. The summed E-state index contributed by atoms with van der Waals surface area (Å²) in [5.41, 5.74) is 6.69. The average Bonchev–Trinajstić information content (AvgIpc) is 3.11.